The first-order valence-electron chi connectivity index (χ1n) is 10.4. The topological polar surface area (TPSA) is 136 Å². The van der Waals surface area contributed by atoms with E-state index in [0.29, 0.717) is 5.56 Å². The molecule has 0 bridgehead atoms. The number of carbonyl (C=O) groups excluding carboxylic acids is 2. The molecule has 1 aliphatic carbocycles. The molecule has 2 aliphatic rings. The maximum atomic E-state index is 13.4. The number of aliphatic hydroxyl groups is 2. The summed E-state index contributed by atoms with van der Waals surface area (Å²) in [7, 11) is 0. The van der Waals surface area contributed by atoms with Crippen LogP contribution in [-0.4, -0.2) is 50.9 Å². The lowest BCUT2D eigenvalue weighted by molar-refractivity contribution is -0.166. The summed E-state index contributed by atoms with van der Waals surface area (Å²) in [5.74, 6) is -2.26. The summed E-state index contributed by atoms with van der Waals surface area (Å²) in [6.07, 6.45) is 2.26. The van der Waals surface area contributed by atoms with Crippen molar-refractivity contribution in [3.63, 3.8) is 0 Å². The molecule has 0 radical (unpaired) electrons. The van der Waals surface area contributed by atoms with Crippen LogP contribution in [-0.2, 0) is 9.53 Å². The van der Waals surface area contributed by atoms with Crippen LogP contribution in [0.15, 0.2) is 39.8 Å². The van der Waals surface area contributed by atoms with E-state index in [0.717, 1.165) is 0 Å². The zero-order valence-electron chi connectivity index (χ0n) is 18.0. The van der Waals surface area contributed by atoms with Gasteiger partial charge in [0.15, 0.2) is 5.78 Å². The first kappa shape index (κ1) is 22.2. The Morgan fingerprint density at radius 2 is 2.12 bits per heavy atom. The van der Waals surface area contributed by atoms with Crippen LogP contribution in [0.3, 0.4) is 0 Å². The van der Waals surface area contributed by atoms with Gasteiger partial charge in [-0.3, -0.25) is 14.6 Å². The van der Waals surface area contributed by atoms with E-state index in [2.05, 4.69) is 4.98 Å². The highest BCUT2D eigenvalue weighted by Crippen LogP contribution is 2.48. The third kappa shape index (κ3) is 3.71. The first-order valence-corrected chi connectivity index (χ1v) is 10.4. The molecular formula is C23H25NO8. The van der Waals surface area contributed by atoms with Gasteiger partial charge in [-0.2, -0.15) is 0 Å². The van der Waals surface area contributed by atoms with Crippen molar-refractivity contribution in [2.45, 2.75) is 50.9 Å². The summed E-state index contributed by atoms with van der Waals surface area (Å²) in [5.41, 5.74) is -3.27. The SMILES string of the molecule is CC(=O)OC[C@](C)(O)[C@H]1C[C@@H](O)[C@]2(C)Oc3cc(-c4cccnc4)oc(=O)c3C(=O)[C@@H]2C1. The van der Waals surface area contributed by atoms with Crippen LogP contribution in [0.1, 0.15) is 44.0 Å². The second-order valence-electron chi connectivity index (χ2n) is 8.90. The van der Waals surface area contributed by atoms with E-state index in [9.17, 15) is 24.6 Å². The first-order chi connectivity index (χ1) is 15.0. The van der Waals surface area contributed by atoms with Crippen molar-refractivity contribution >= 4 is 11.8 Å². The Morgan fingerprint density at radius 1 is 1.38 bits per heavy atom. The molecular weight excluding hydrogens is 418 g/mol. The molecule has 1 saturated carbocycles. The molecule has 3 heterocycles. The van der Waals surface area contributed by atoms with Crippen molar-refractivity contribution in [3.8, 4) is 17.1 Å². The second-order valence-corrected chi connectivity index (χ2v) is 8.90. The Kier molecular flexibility index (Phi) is 5.42. The second kappa shape index (κ2) is 7.83. The van der Waals surface area contributed by atoms with E-state index in [-0.39, 0.29) is 36.5 Å². The molecule has 2 aromatic heterocycles. The fourth-order valence-corrected chi connectivity index (χ4v) is 4.57. The Bertz CT molecular complexity index is 1110. The fourth-order valence-electron chi connectivity index (χ4n) is 4.57. The highest BCUT2D eigenvalue weighted by Gasteiger charge is 2.58. The van der Waals surface area contributed by atoms with Crippen molar-refractivity contribution in [2.24, 2.45) is 11.8 Å². The average Bonchev–Trinajstić information content (AvgIpc) is 2.73. The standard InChI is InChI=1S/C23H25NO8/c1-12(25)30-11-22(2,29)14-7-15-20(27)19-17(32-23(15,3)18(26)8-14)9-16(31-21(19)28)13-5-4-6-24-10-13/h4-6,9-10,14-15,18,26,29H,7-8,11H2,1-3H3/t14-,15+,18-,22+,23-/m1/s1. The number of aromatic nitrogens is 1. The van der Waals surface area contributed by atoms with Gasteiger partial charge < -0.3 is 24.1 Å². The largest absolute Gasteiger partial charge is 0.483 e. The zero-order chi connectivity index (χ0) is 23.3. The maximum absolute atomic E-state index is 13.4. The van der Waals surface area contributed by atoms with Crippen LogP contribution in [0.2, 0.25) is 0 Å². The number of carbonyl (C=O) groups is 2. The van der Waals surface area contributed by atoms with Gasteiger partial charge in [-0.1, -0.05) is 0 Å². The van der Waals surface area contributed by atoms with E-state index in [1.807, 2.05) is 0 Å². The van der Waals surface area contributed by atoms with Crippen LogP contribution in [0, 0.1) is 11.8 Å². The van der Waals surface area contributed by atoms with Gasteiger partial charge >= 0.3 is 11.6 Å². The normalized spacial score (nSPS) is 28.7. The molecule has 1 fully saturated rings. The lowest BCUT2D eigenvalue weighted by Gasteiger charge is -2.51. The molecule has 9 nitrogen and oxygen atoms in total. The van der Waals surface area contributed by atoms with Crippen molar-refractivity contribution in [3.05, 3.63) is 46.6 Å². The van der Waals surface area contributed by atoms with Gasteiger partial charge in [0.05, 0.1) is 17.6 Å². The molecule has 2 N–H and O–H groups in total. The molecule has 170 valence electrons. The van der Waals surface area contributed by atoms with Gasteiger partial charge in [0.2, 0.25) is 0 Å². The van der Waals surface area contributed by atoms with Gasteiger partial charge in [-0.25, -0.2) is 4.79 Å². The number of hydrogen-bond donors (Lipinski definition) is 2. The molecule has 0 unspecified atom stereocenters. The lowest BCUT2D eigenvalue weighted by atomic mass is 9.62. The zero-order valence-corrected chi connectivity index (χ0v) is 18.0. The summed E-state index contributed by atoms with van der Waals surface area (Å²) in [6, 6.07) is 4.85. The molecule has 9 heteroatoms. The van der Waals surface area contributed by atoms with Crippen LogP contribution < -0.4 is 10.4 Å². The summed E-state index contributed by atoms with van der Waals surface area (Å²) >= 11 is 0. The molecule has 0 saturated heterocycles. The molecule has 0 aromatic carbocycles. The number of ketones is 1. The summed E-state index contributed by atoms with van der Waals surface area (Å²) < 4.78 is 16.4. The number of Topliss-reactive ketones (excluding diaryl/α,β-unsaturated/α-hetero) is 1. The number of aliphatic hydroxyl groups excluding tert-OH is 1. The fraction of sp³-hybridized carbons (Fsp3) is 0.478. The van der Waals surface area contributed by atoms with Crippen molar-refractivity contribution in [1.82, 2.24) is 4.98 Å². The number of esters is 1. The molecule has 0 amide bonds. The highest BCUT2D eigenvalue weighted by atomic mass is 16.5. The van der Waals surface area contributed by atoms with Crippen molar-refractivity contribution < 1.29 is 33.7 Å². The molecule has 5 atom stereocenters. The minimum absolute atomic E-state index is 0.0491. The Morgan fingerprint density at radius 3 is 2.78 bits per heavy atom. The summed E-state index contributed by atoms with van der Waals surface area (Å²) in [5, 5.41) is 21.8. The number of pyridine rings is 1. The Labute approximate surface area is 184 Å². The minimum Gasteiger partial charge on any atom is -0.483 e. The Hall–Kier alpha value is -3.04. The monoisotopic (exact) mass is 443 g/mol. The number of nitrogens with zero attached hydrogens (tertiary/aromatic N) is 1. The summed E-state index contributed by atoms with van der Waals surface area (Å²) in [6.45, 7) is 4.08. The van der Waals surface area contributed by atoms with Crippen molar-refractivity contribution in [1.29, 1.82) is 0 Å². The van der Waals surface area contributed by atoms with Gasteiger partial charge in [0.1, 0.15) is 29.3 Å². The smallest absolute Gasteiger partial charge is 0.351 e. The quantitative estimate of drug-likeness (QED) is 0.677. The molecule has 2 aromatic rings. The van der Waals surface area contributed by atoms with Gasteiger partial charge in [-0.15, -0.1) is 0 Å². The van der Waals surface area contributed by atoms with Gasteiger partial charge in [-0.05, 0) is 44.7 Å². The summed E-state index contributed by atoms with van der Waals surface area (Å²) in [4.78, 5) is 41.3. The third-order valence-electron chi connectivity index (χ3n) is 6.58. The van der Waals surface area contributed by atoms with Crippen LogP contribution in [0.25, 0.3) is 11.3 Å². The van der Waals surface area contributed by atoms with Crippen LogP contribution >= 0.6 is 0 Å². The van der Waals surface area contributed by atoms with Gasteiger partial charge in [0.25, 0.3) is 0 Å². The van der Waals surface area contributed by atoms with E-state index < -0.39 is 46.5 Å². The molecule has 1 aliphatic heterocycles. The number of ether oxygens (including phenoxy) is 2. The van der Waals surface area contributed by atoms with E-state index in [1.54, 1.807) is 25.3 Å². The Balaban J connectivity index is 1.70. The highest BCUT2D eigenvalue weighted by molar-refractivity contribution is 6.02. The number of fused-ring (bicyclic) bond motifs is 2. The van der Waals surface area contributed by atoms with Crippen LogP contribution in [0.5, 0.6) is 5.75 Å². The molecule has 4 rings (SSSR count). The third-order valence-corrected chi connectivity index (χ3v) is 6.58. The molecule has 0 spiro atoms. The van der Waals surface area contributed by atoms with E-state index >= 15 is 0 Å². The molecule has 32 heavy (non-hydrogen) atoms. The lowest BCUT2D eigenvalue weighted by Crippen LogP contribution is -2.62. The predicted molar refractivity (Wildman–Crippen MR) is 111 cm³/mol. The van der Waals surface area contributed by atoms with Gasteiger partial charge in [0, 0.05) is 30.9 Å². The number of hydrogen-bond acceptors (Lipinski definition) is 9. The van der Waals surface area contributed by atoms with Crippen LogP contribution in [0.4, 0.5) is 0 Å². The van der Waals surface area contributed by atoms with E-state index in [1.165, 1.54) is 26.1 Å². The minimum atomic E-state index is -1.47. The maximum Gasteiger partial charge on any atom is 0.351 e. The number of rotatable bonds is 4. The van der Waals surface area contributed by atoms with Crippen molar-refractivity contribution in [2.75, 3.05) is 6.61 Å². The average molecular weight is 443 g/mol. The predicted octanol–water partition coefficient (Wildman–Crippen LogP) is 1.74. The van der Waals surface area contributed by atoms with E-state index in [4.69, 9.17) is 13.9 Å².